The lowest BCUT2D eigenvalue weighted by molar-refractivity contribution is 0.0544. The highest BCUT2D eigenvalue weighted by Gasteiger charge is 2.36. The lowest BCUT2D eigenvalue weighted by Crippen LogP contribution is -2.43. The van der Waals surface area contributed by atoms with E-state index in [9.17, 15) is 4.79 Å². The Bertz CT molecular complexity index is 891. The summed E-state index contributed by atoms with van der Waals surface area (Å²) in [6.45, 7) is 6.70. The Morgan fingerprint density at radius 2 is 2.08 bits per heavy atom. The van der Waals surface area contributed by atoms with E-state index in [4.69, 9.17) is 4.74 Å². The van der Waals surface area contributed by atoms with Crippen LogP contribution in [0.2, 0.25) is 0 Å². The minimum Gasteiger partial charge on any atom is -0.443 e. The third kappa shape index (κ3) is 2.91. The van der Waals surface area contributed by atoms with Crippen molar-refractivity contribution in [3.05, 3.63) is 45.2 Å². The highest BCUT2D eigenvalue weighted by atomic mass is 127. The van der Waals surface area contributed by atoms with Gasteiger partial charge in [0.05, 0.1) is 5.52 Å². The summed E-state index contributed by atoms with van der Waals surface area (Å²) in [5.41, 5.74) is 3.03. The summed E-state index contributed by atoms with van der Waals surface area (Å²) in [4.78, 5) is 15.1. The maximum atomic E-state index is 12.7. The van der Waals surface area contributed by atoms with Crippen molar-refractivity contribution in [2.24, 2.45) is 0 Å². The van der Waals surface area contributed by atoms with E-state index in [1.54, 1.807) is 4.57 Å². The molecule has 1 aromatic heterocycles. The molecule has 0 unspecified atom stereocenters. The number of ether oxygens (including phenoxy) is 1. The second-order valence-corrected chi connectivity index (χ2v) is 9.46. The van der Waals surface area contributed by atoms with Gasteiger partial charge in [0, 0.05) is 33.7 Å². The van der Waals surface area contributed by atoms with E-state index in [-0.39, 0.29) is 6.09 Å². The first kappa shape index (κ1) is 17.1. The monoisotopic (exact) mass is 450 g/mol. The zero-order chi connectivity index (χ0) is 17.9. The van der Waals surface area contributed by atoms with Crippen molar-refractivity contribution < 1.29 is 9.53 Å². The molecule has 1 aromatic carbocycles. The molecular weight excluding hydrogens is 427 g/mol. The molecule has 0 amide bonds. The third-order valence-corrected chi connectivity index (χ3v) is 5.76. The van der Waals surface area contributed by atoms with Gasteiger partial charge in [0.2, 0.25) is 0 Å². The molecule has 2 atom stereocenters. The number of fused-ring (bicyclic) bond motifs is 2. The Labute approximate surface area is 162 Å². The fraction of sp³-hybridized carbons (Fsp3) is 0.450. The molecule has 4 rings (SSSR count). The molecule has 0 radical (unpaired) electrons. The summed E-state index contributed by atoms with van der Waals surface area (Å²) in [7, 11) is 2.19. The van der Waals surface area contributed by atoms with Crippen molar-refractivity contribution >= 4 is 39.6 Å². The zero-order valence-electron chi connectivity index (χ0n) is 15.0. The summed E-state index contributed by atoms with van der Waals surface area (Å²) in [6, 6.07) is 6.74. The lowest BCUT2D eigenvalue weighted by atomic mass is 9.78. The number of carbonyl (C=O) groups is 1. The largest absolute Gasteiger partial charge is 0.443 e. The second-order valence-electron chi connectivity index (χ2n) is 8.07. The molecule has 1 aliphatic carbocycles. The van der Waals surface area contributed by atoms with Gasteiger partial charge in [-0.25, -0.2) is 4.79 Å². The molecule has 0 saturated heterocycles. The second kappa shape index (κ2) is 5.84. The first-order valence-corrected chi connectivity index (χ1v) is 9.75. The first-order chi connectivity index (χ1) is 11.7. The standard InChI is InChI=1S/C20H23IN2O2/c1-20(2,3)25-19(24)23-10-12-8-17-15(9-13(21)11-22(17)4)14-6-5-7-16(23)18(12)14/h5-7,9-10,15,17H,8,11H2,1-4H3/t15-,17-/m1/s1. The van der Waals surface area contributed by atoms with E-state index in [1.165, 1.54) is 20.1 Å². The van der Waals surface area contributed by atoms with Crippen molar-refractivity contribution in [2.45, 2.75) is 44.8 Å². The van der Waals surface area contributed by atoms with E-state index >= 15 is 0 Å². The quantitative estimate of drug-likeness (QED) is 0.546. The molecule has 132 valence electrons. The predicted octanol–water partition coefficient (Wildman–Crippen LogP) is 4.70. The van der Waals surface area contributed by atoms with Gasteiger partial charge < -0.3 is 4.74 Å². The molecule has 4 nitrogen and oxygen atoms in total. The number of halogens is 1. The van der Waals surface area contributed by atoms with Crippen LogP contribution in [0.3, 0.4) is 0 Å². The molecule has 25 heavy (non-hydrogen) atoms. The van der Waals surface area contributed by atoms with Gasteiger partial charge in [-0.15, -0.1) is 0 Å². The molecule has 0 N–H and O–H groups in total. The van der Waals surface area contributed by atoms with Crippen LogP contribution in [-0.2, 0) is 11.2 Å². The highest BCUT2D eigenvalue weighted by Crippen LogP contribution is 2.43. The molecule has 0 saturated carbocycles. The zero-order valence-corrected chi connectivity index (χ0v) is 17.2. The van der Waals surface area contributed by atoms with Crippen LogP contribution in [-0.4, -0.2) is 40.8 Å². The van der Waals surface area contributed by atoms with Gasteiger partial charge in [-0.05, 0) is 74.0 Å². The Hall–Kier alpha value is -1.34. The number of rotatable bonds is 0. The Morgan fingerprint density at radius 3 is 2.80 bits per heavy atom. The van der Waals surface area contributed by atoms with Crippen molar-refractivity contribution in [2.75, 3.05) is 13.6 Å². The average molecular weight is 450 g/mol. The normalized spacial score (nSPS) is 23.3. The molecule has 2 aromatic rings. The third-order valence-electron chi connectivity index (χ3n) is 5.06. The number of hydrogen-bond donors (Lipinski definition) is 0. The van der Waals surface area contributed by atoms with Gasteiger partial charge in [-0.2, -0.15) is 0 Å². The minimum atomic E-state index is -0.501. The smallest absolute Gasteiger partial charge is 0.419 e. The molecule has 2 aliphatic rings. The number of carbonyl (C=O) groups excluding carboxylic acids is 1. The predicted molar refractivity (Wildman–Crippen MR) is 109 cm³/mol. The number of hydrogen-bond acceptors (Lipinski definition) is 3. The summed E-state index contributed by atoms with van der Waals surface area (Å²) in [5, 5.41) is 1.23. The van der Waals surface area contributed by atoms with E-state index in [2.05, 4.69) is 52.7 Å². The SMILES string of the molecule is CN1CC(I)=C[C@@H]2c3cccc4c3c(cn4C(=O)OC(C)(C)C)C[C@H]21. The van der Waals surface area contributed by atoms with Crippen LogP contribution in [0.15, 0.2) is 34.1 Å². The topological polar surface area (TPSA) is 34.5 Å². The summed E-state index contributed by atoms with van der Waals surface area (Å²) in [5.74, 6) is 0.385. The van der Waals surface area contributed by atoms with Crippen LogP contribution < -0.4 is 0 Å². The van der Waals surface area contributed by atoms with E-state index in [1.807, 2.05) is 33.0 Å². The fourth-order valence-corrected chi connectivity index (χ4v) is 5.01. The van der Waals surface area contributed by atoms with E-state index in [0.717, 1.165) is 18.5 Å². The van der Waals surface area contributed by atoms with Gasteiger partial charge in [0.15, 0.2) is 0 Å². The molecule has 1 aliphatic heterocycles. The molecule has 0 bridgehead atoms. The van der Waals surface area contributed by atoms with E-state index in [0.29, 0.717) is 12.0 Å². The summed E-state index contributed by atoms with van der Waals surface area (Å²) < 4.78 is 8.68. The Balaban J connectivity index is 1.86. The van der Waals surface area contributed by atoms with E-state index < -0.39 is 5.60 Å². The van der Waals surface area contributed by atoms with Gasteiger partial charge in [-0.3, -0.25) is 9.47 Å². The average Bonchev–Trinajstić information content (AvgIpc) is 2.87. The first-order valence-electron chi connectivity index (χ1n) is 8.67. The summed E-state index contributed by atoms with van der Waals surface area (Å²) >= 11 is 2.44. The molecule has 0 fully saturated rings. The van der Waals surface area contributed by atoms with Crippen molar-refractivity contribution in [1.29, 1.82) is 0 Å². The van der Waals surface area contributed by atoms with Crippen molar-refractivity contribution in [3.63, 3.8) is 0 Å². The van der Waals surface area contributed by atoms with Crippen LogP contribution >= 0.6 is 22.6 Å². The number of aromatic nitrogens is 1. The lowest BCUT2D eigenvalue weighted by Gasteiger charge is -2.40. The van der Waals surface area contributed by atoms with Crippen LogP contribution in [0.1, 0.15) is 37.8 Å². The van der Waals surface area contributed by atoms with Crippen molar-refractivity contribution in [3.8, 4) is 0 Å². The van der Waals surface area contributed by atoms with Crippen LogP contribution in [0, 0.1) is 0 Å². The summed E-state index contributed by atoms with van der Waals surface area (Å²) in [6.07, 6.45) is 5.04. The maximum absolute atomic E-state index is 12.7. The molecule has 5 heteroatoms. The van der Waals surface area contributed by atoms with Crippen LogP contribution in [0.5, 0.6) is 0 Å². The Morgan fingerprint density at radius 1 is 1.32 bits per heavy atom. The van der Waals surface area contributed by atoms with Crippen molar-refractivity contribution in [1.82, 2.24) is 9.47 Å². The minimum absolute atomic E-state index is 0.302. The Kier molecular flexibility index (Phi) is 3.99. The molecule has 0 spiro atoms. The van der Waals surface area contributed by atoms with Crippen LogP contribution in [0.4, 0.5) is 4.79 Å². The molecular formula is C20H23IN2O2. The van der Waals surface area contributed by atoms with Gasteiger partial charge in [0.25, 0.3) is 0 Å². The number of benzene rings is 1. The highest BCUT2D eigenvalue weighted by molar-refractivity contribution is 14.1. The van der Waals surface area contributed by atoms with Gasteiger partial charge in [0.1, 0.15) is 5.60 Å². The maximum Gasteiger partial charge on any atom is 0.419 e. The van der Waals surface area contributed by atoms with Gasteiger partial charge in [-0.1, -0.05) is 18.2 Å². The number of nitrogens with zero attached hydrogens (tertiary/aromatic N) is 2. The fourth-order valence-electron chi connectivity index (χ4n) is 4.09. The van der Waals surface area contributed by atoms with Gasteiger partial charge >= 0.3 is 6.09 Å². The van der Waals surface area contributed by atoms with Crippen LogP contribution in [0.25, 0.3) is 10.9 Å². The number of likely N-dealkylation sites (N-methyl/N-ethyl adjacent to an activating group) is 1. The molecule has 2 heterocycles.